The number of benzene rings is 2. The number of nitrogens with zero attached hydrogens (tertiary/aromatic N) is 1. The average molecular weight is 379 g/mol. The first-order chi connectivity index (χ1) is 13.4. The van der Waals surface area contributed by atoms with Gasteiger partial charge in [0.2, 0.25) is 5.78 Å². The zero-order valence-electron chi connectivity index (χ0n) is 16.0. The van der Waals surface area contributed by atoms with Gasteiger partial charge in [-0.3, -0.25) is 4.79 Å². The summed E-state index contributed by atoms with van der Waals surface area (Å²) in [6, 6.07) is 14.0. The Balaban J connectivity index is 2.00. The van der Waals surface area contributed by atoms with Crippen molar-refractivity contribution in [1.82, 2.24) is 0 Å². The smallest absolute Gasteiger partial charge is 0.331 e. The maximum absolute atomic E-state index is 12.3. The molecule has 0 amide bonds. The molecule has 0 saturated heterocycles. The van der Waals surface area contributed by atoms with Gasteiger partial charge in [-0.25, -0.2) is 4.79 Å². The molecule has 6 nitrogen and oxygen atoms in total. The fraction of sp³-hybridized carbons (Fsp3) is 0.227. The van der Waals surface area contributed by atoms with Gasteiger partial charge in [0.05, 0.1) is 7.11 Å². The minimum atomic E-state index is -0.892. The van der Waals surface area contributed by atoms with E-state index in [1.54, 1.807) is 36.4 Å². The number of hydrogen-bond donors (Lipinski definition) is 0. The first kappa shape index (κ1) is 20.7. The second-order valence-electron chi connectivity index (χ2n) is 6.00. The summed E-state index contributed by atoms with van der Waals surface area (Å²) in [7, 11) is 1.48. The van der Waals surface area contributed by atoms with E-state index in [1.165, 1.54) is 20.1 Å². The Morgan fingerprint density at radius 1 is 1.14 bits per heavy atom. The van der Waals surface area contributed by atoms with Crippen molar-refractivity contribution < 1.29 is 23.8 Å². The van der Waals surface area contributed by atoms with E-state index in [0.29, 0.717) is 22.6 Å². The average Bonchev–Trinajstić information content (AvgIpc) is 2.70. The van der Waals surface area contributed by atoms with Crippen LogP contribution in [-0.2, 0) is 9.53 Å². The van der Waals surface area contributed by atoms with E-state index >= 15 is 0 Å². The number of rotatable bonds is 8. The molecule has 28 heavy (non-hydrogen) atoms. The van der Waals surface area contributed by atoms with Crippen molar-refractivity contribution in [3.05, 3.63) is 65.2 Å². The van der Waals surface area contributed by atoms with Gasteiger partial charge in [0.25, 0.3) is 0 Å². The fourth-order valence-electron chi connectivity index (χ4n) is 2.40. The number of ketones is 1. The molecule has 1 unspecified atom stereocenters. The second-order valence-corrected chi connectivity index (χ2v) is 6.00. The summed E-state index contributed by atoms with van der Waals surface area (Å²) < 4.78 is 15.6. The van der Waals surface area contributed by atoms with Crippen LogP contribution in [0.15, 0.2) is 48.5 Å². The van der Waals surface area contributed by atoms with Crippen LogP contribution in [-0.4, -0.2) is 31.6 Å². The van der Waals surface area contributed by atoms with Crippen molar-refractivity contribution in [2.24, 2.45) is 0 Å². The summed E-state index contributed by atoms with van der Waals surface area (Å²) in [5, 5.41) is 8.58. The van der Waals surface area contributed by atoms with Crippen LogP contribution in [0.25, 0.3) is 6.08 Å². The maximum atomic E-state index is 12.3. The van der Waals surface area contributed by atoms with E-state index in [4.69, 9.17) is 19.5 Å². The highest BCUT2D eigenvalue weighted by Gasteiger charge is 2.18. The topological polar surface area (TPSA) is 85.6 Å². The second kappa shape index (κ2) is 9.93. The van der Waals surface area contributed by atoms with Gasteiger partial charge in [0.15, 0.2) is 24.2 Å². The van der Waals surface area contributed by atoms with Crippen LogP contribution in [0.1, 0.15) is 28.4 Å². The third kappa shape index (κ3) is 5.71. The number of esters is 1. The molecule has 2 aromatic carbocycles. The number of ether oxygens (including phenoxy) is 3. The van der Waals surface area contributed by atoms with Crippen LogP contribution in [0, 0.1) is 18.3 Å². The van der Waals surface area contributed by atoms with Crippen LogP contribution in [0.4, 0.5) is 0 Å². The Morgan fingerprint density at radius 2 is 1.86 bits per heavy atom. The number of carbonyl (C=O) groups excluding carboxylic acids is 2. The summed E-state index contributed by atoms with van der Waals surface area (Å²) in [6.45, 7) is 3.38. The van der Waals surface area contributed by atoms with Crippen molar-refractivity contribution in [3.8, 4) is 17.6 Å². The summed E-state index contributed by atoms with van der Waals surface area (Å²) in [5.74, 6) is -0.0195. The van der Waals surface area contributed by atoms with Gasteiger partial charge in [-0.1, -0.05) is 35.9 Å². The van der Waals surface area contributed by atoms with Gasteiger partial charge in [0, 0.05) is 11.6 Å². The molecule has 6 heteroatoms. The van der Waals surface area contributed by atoms with Gasteiger partial charge < -0.3 is 14.2 Å². The van der Waals surface area contributed by atoms with Crippen molar-refractivity contribution in [1.29, 1.82) is 5.26 Å². The Hall–Kier alpha value is -3.59. The maximum Gasteiger partial charge on any atom is 0.331 e. The molecule has 2 aromatic rings. The van der Waals surface area contributed by atoms with Crippen molar-refractivity contribution in [2.75, 3.05) is 13.7 Å². The van der Waals surface area contributed by atoms with E-state index in [9.17, 15) is 9.59 Å². The van der Waals surface area contributed by atoms with Crippen molar-refractivity contribution in [2.45, 2.75) is 20.0 Å². The number of methoxy groups -OCH3 is 1. The highest BCUT2D eigenvalue weighted by atomic mass is 16.5. The Morgan fingerprint density at radius 3 is 2.50 bits per heavy atom. The molecule has 0 bridgehead atoms. The van der Waals surface area contributed by atoms with E-state index in [1.807, 2.05) is 25.1 Å². The van der Waals surface area contributed by atoms with Crippen LogP contribution in [0.2, 0.25) is 0 Å². The molecule has 0 heterocycles. The minimum absolute atomic E-state index is 0.0925. The molecule has 0 fully saturated rings. The minimum Gasteiger partial charge on any atom is -0.493 e. The van der Waals surface area contributed by atoms with Crippen LogP contribution >= 0.6 is 0 Å². The van der Waals surface area contributed by atoms with Gasteiger partial charge in [-0.2, -0.15) is 5.26 Å². The van der Waals surface area contributed by atoms with Crippen molar-refractivity contribution in [3.63, 3.8) is 0 Å². The molecule has 0 aliphatic heterocycles. The monoisotopic (exact) mass is 379 g/mol. The molecule has 0 N–H and O–H groups in total. The number of hydrogen-bond acceptors (Lipinski definition) is 6. The van der Waals surface area contributed by atoms with Crippen LogP contribution in [0.5, 0.6) is 11.5 Å². The zero-order chi connectivity index (χ0) is 20.5. The Bertz CT molecular complexity index is 910. The summed E-state index contributed by atoms with van der Waals surface area (Å²) >= 11 is 0. The third-order valence-corrected chi connectivity index (χ3v) is 3.89. The normalized spacial score (nSPS) is 11.5. The summed E-state index contributed by atoms with van der Waals surface area (Å²) in [4.78, 5) is 24.3. The molecule has 0 aromatic heterocycles. The molecule has 0 aliphatic carbocycles. The van der Waals surface area contributed by atoms with E-state index < -0.39 is 12.1 Å². The molecule has 0 aliphatic rings. The molecular weight excluding hydrogens is 358 g/mol. The lowest BCUT2D eigenvalue weighted by molar-refractivity contribution is -0.140. The number of aryl methyl sites for hydroxylation is 1. The molecule has 2 rings (SSSR count). The third-order valence-electron chi connectivity index (χ3n) is 3.89. The largest absolute Gasteiger partial charge is 0.493 e. The zero-order valence-corrected chi connectivity index (χ0v) is 16.0. The lowest BCUT2D eigenvalue weighted by atomic mass is 10.1. The van der Waals surface area contributed by atoms with Gasteiger partial charge in [0.1, 0.15) is 6.07 Å². The fourth-order valence-corrected chi connectivity index (χ4v) is 2.40. The van der Waals surface area contributed by atoms with E-state index in [-0.39, 0.29) is 12.4 Å². The van der Waals surface area contributed by atoms with Gasteiger partial charge in [-0.15, -0.1) is 0 Å². The number of nitriles is 1. The van der Waals surface area contributed by atoms with Crippen molar-refractivity contribution >= 4 is 17.8 Å². The standard InChI is InChI=1S/C22H21NO5/c1-15-4-8-18(9-5-15)22(25)16(2)28-21(24)11-7-17-6-10-19(27-13-12-23)20(14-17)26-3/h4-11,14,16H,13H2,1-3H3. The highest BCUT2D eigenvalue weighted by molar-refractivity contribution is 6.01. The Kier molecular flexibility index (Phi) is 7.35. The summed E-state index contributed by atoms with van der Waals surface area (Å²) in [5.41, 5.74) is 2.21. The SMILES string of the molecule is COc1cc(C=CC(=O)OC(C)C(=O)c2ccc(C)cc2)ccc1OCC#N. The predicted molar refractivity (Wildman–Crippen MR) is 104 cm³/mol. The molecule has 0 spiro atoms. The number of carbonyl (C=O) groups is 2. The van der Waals surface area contributed by atoms with E-state index in [2.05, 4.69) is 0 Å². The lowest BCUT2D eigenvalue weighted by Gasteiger charge is -2.11. The predicted octanol–water partition coefficient (Wildman–Crippen LogP) is 3.73. The van der Waals surface area contributed by atoms with E-state index in [0.717, 1.165) is 5.56 Å². The van der Waals surface area contributed by atoms with Crippen LogP contribution in [0.3, 0.4) is 0 Å². The van der Waals surface area contributed by atoms with Crippen LogP contribution < -0.4 is 9.47 Å². The highest BCUT2D eigenvalue weighted by Crippen LogP contribution is 2.28. The molecule has 1 atom stereocenters. The Labute approximate surface area is 164 Å². The quantitative estimate of drug-likeness (QED) is 0.395. The summed E-state index contributed by atoms with van der Waals surface area (Å²) in [6.07, 6.45) is 1.89. The first-order valence-electron chi connectivity index (χ1n) is 8.62. The first-order valence-corrected chi connectivity index (χ1v) is 8.62. The molecule has 0 radical (unpaired) electrons. The molecule has 0 saturated carbocycles. The van der Waals surface area contributed by atoms with Gasteiger partial charge >= 0.3 is 5.97 Å². The van der Waals surface area contributed by atoms with Gasteiger partial charge in [-0.05, 0) is 37.6 Å². The lowest BCUT2D eigenvalue weighted by Crippen LogP contribution is -2.23. The number of Topliss-reactive ketones (excluding diaryl/α,β-unsaturated/α-hetero) is 1. The molecule has 144 valence electrons. The molecular formula is C22H21NO5.